The largest absolute Gasteiger partial charge is 0.462 e. The molecule has 1 aromatic rings. The van der Waals surface area contributed by atoms with Crippen LogP contribution in [-0.4, -0.2) is 18.8 Å². The number of nitrogens with zero attached hydrogens (tertiary/aromatic N) is 1. The second-order valence-electron chi connectivity index (χ2n) is 4.57. The van der Waals surface area contributed by atoms with Crippen LogP contribution in [0, 0.1) is 0 Å². The third-order valence-corrected chi connectivity index (χ3v) is 3.07. The molecule has 0 amide bonds. The Labute approximate surface area is 125 Å². The maximum Gasteiger partial charge on any atom is 0.348 e. The SMILES string of the molecule is CCOC(=O)C=NC(C1=CCC=CC=C1)c1ccccc1. The van der Waals surface area contributed by atoms with Crippen molar-refractivity contribution < 1.29 is 9.53 Å². The molecule has 1 atom stereocenters. The number of rotatable bonds is 5. The summed E-state index contributed by atoms with van der Waals surface area (Å²) in [5.41, 5.74) is 2.13. The average Bonchev–Trinajstić information content (AvgIpc) is 2.78. The van der Waals surface area contributed by atoms with E-state index in [1.54, 1.807) is 6.92 Å². The number of carbonyl (C=O) groups is 1. The second kappa shape index (κ2) is 8.00. The standard InChI is InChI=1S/C18H19NO2/c1-2-21-17(20)14-19-18(16-12-8-5-9-13-16)15-10-6-3-4-7-11-15/h3-6,8-14,18H,2,7H2,1H3. The van der Waals surface area contributed by atoms with Gasteiger partial charge in [-0.3, -0.25) is 4.99 Å². The quantitative estimate of drug-likeness (QED) is 0.608. The van der Waals surface area contributed by atoms with Crippen LogP contribution in [0.4, 0.5) is 0 Å². The number of hydrogen-bond donors (Lipinski definition) is 0. The van der Waals surface area contributed by atoms with E-state index in [9.17, 15) is 4.79 Å². The number of ether oxygens (including phenoxy) is 1. The van der Waals surface area contributed by atoms with Crippen molar-refractivity contribution in [1.29, 1.82) is 0 Å². The third kappa shape index (κ3) is 4.56. The Morgan fingerprint density at radius 3 is 2.90 bits per heavy atom. The molecule has 3 heteroatoms. The lowest BCUT2D eigenvalue weighted by Gasteiger charge is -2.14. The lowest BCUT2D eigenvalue weighted by molar-refractivity contribution is -0.134. The summed E-state index contributed by atoms with van der Waals surface area (Å²) in [6.45, 7) is 2.13. The summed E-state index contributed by atoms with van der Waals surface area (Å²) < 4.78 is 4.90. The number of hydrogen-bond acceptors (Lipinski definition) is 3. The molecule has 0 fully saturated rings. The fourth-order valence-electron chi connectivity index (χ4n) is 2.11. The van der Waals surface area contributed by atoms with E-state index in [1.165, 1.54) is 6.21 Å². The molecule has 1 aliphatic carbocycles. The Hall–Kier alpha value is -2.42. The molecule has 1 unspecified atom stereocenters. The molecular formula is C18H19NO2. The van der Waals surface area contributed by atoms with Crippen LogP contribution in [0.25, 0.3) is 0 Å². The first kappa shape index (κ1) is 15.0. The zero-order valence-corrected chi connectivity index (χ0v) is 12.1. The number of esters is 1. The van der Waals surface area contributed by atoms with Gasteiger partial charge in [-0.2, -0.15) is 0 Å². The highest BCUT2D eigenvalue weighted by atomic mass is 16.5. The van der Waals surface area contributed by atoms with Crippen LogP contribution in [0.1, 0.15) is 24.9 Å². The van der Waals surface area contributed by atoms with Gasteiger partial charge in [-0.05, 0) is 24.5 Å². The average molecular weight is 281 g/mol. The summed E-state index contributed by atoms with van der Waals surface area (Å²) in [6, 6.07) is 9.75. The maximum atomic E-state index is 11.5. The molecule has 0 aliphatic heterocycles. The highest BCUT2D eigenvalue weighted by Gasteiger charge is 2.13. The molecule has 0 radical (unpaired) electrons. The normalized spacial score (nSPS) is 15.6. The smallest absolute Gasteiger partial charge is 0.348 e. The first-order valence-corrected chi connectivity index (χ1v) is 7.09. The highest BCUT2D eigenvalue weighted by molar-refractivity contribution is 6.23. The molecule has 108 valence electrons. The number of allylic oxidation sites excluding steroid dienone is 4. The van der Waals surface area contributed by atoms with Gasteiger partial charge in [0.15, 0.2) is 0 Å². The van der Waals surface area contributed by atoms with Gasteiger partial charge in [0.05, 0.1) is 12.6 Å². The minimum absolute atomic E-state index is 0.188. The van der Waals surface area contributed by atoms with E-state index in [4.69, 9.17) is 4.74 Å². The molecule has 0 heterocycles. The summed E-state index contributed by atoms with van der Waals surface area (Å²) in [5, 5.41) is 0. The van der Waals surface area contributed by atoms with Crippen molar-refractivity contribution in [3.63, 3.8) is 0 Å². The van der Waals surface area contributed by atoms with Gasteiger partial charge in [0.25, 0.3) is 0 Å². The molecule has 1 aromatic carbocycles. The van der Waals surface area contributed by atoms with E-state index in [-0.39, 0.29) is 6.04 Å². The number of carbonyl (C=O) groups excluding carboxylic acids is 1. The van der Waals surface area contributed by atoms with Gasteiger partial charge in [-0.1, -0.05) is 60.7 Å². The second-order valence-corrected chi connectivity index (χ2v) is 4.57. The van der Waals surface area contributed by atoms with Crippen LogP contribution in [0.2, 0.25) is 0 Å². The van der Waals surface area contributed by atoms with Crippen LogP contribution >= 0.6 is 0 Å². The Morgan fingerprint density at radius 1 is 1.33 bits per heavy atom. The lowest BCUT2D eigenvalue weighted by atomic mass is 9.98. The van der Waals surface area contributed by atoms with E-state index < -0.39 is 5.97 Å². The number of benzene rings is 1. The van der Waals surface area contributed by atoms with Crippen molar-refractivity contribution in [2.24, 2.45) is 4.99 Å². The van der Waals surface area contributed by atoms with Crippen molar-refractivity contribution in [2.45, 2.75) is 19.4 Å². The van der Waals surface area contributed by atoms with Crippen molar-refractivity contribution in [2.75, 3.05) is 6.61 Å². The summed E-state index contributed by atoms with van der Waals surface area (Å²) in [5.74, 6) is -0.408. The first-order valence-electron chi connectivity index (χ1n) is 7.09. The summed E-state index contributed by atoms with van der Waals surface area (Å²) >= 11 is 0. The first-order chi connectivity index (χ1) is 10.3. The summed E-state index contributed by atoms with van der Waals surface area (Å²) in [6.07, 6.45) is 12.4. The third-order valence-electron chi connectivity index (χ3n) is 3.07. The molecule has 1 aliphatic rings. The molecule has 3 nitrogen and oxygen atoms in total. The molecular weight excluding hydrogens is 262 g/mol. The monoisotopic (exact) mass is 281 g/mol. The van der Waals surface area contributed by atoms with Crippen LogP contribution in [0.3, 0.4) is 0 Å². The van der Waals surface area contributed by atoms with Crippen molar-refractivity contribution >= 4 is 12.2 Å². The van der Waals surface area contributed by atoms with Gasteiger partial charge in [0, 0.05) is 0 Å². The summed E-state index contributed by atoms with van der Waals surface area (Å²) in [4.78, 5) is 15.9. The van der Waals surface area contributed by atoms with Crippen LogP contribution in [0.15, 0.2) is 71.3 Å². The molecule has 0 N–H and O–H groups in total. The van der Waals surface area contributed by atoms with Gasteiger partial charge in [-0.15, -0.1) is 0 Å². The highest BCUT2D eigenvalue weighted by Crippen LogP contribution is 2.27. The van der Waals surface area contributed by atoms with Crippen molar-refractivity contribution in [1.82, 2.24) is 0 Å². The fourth-order valence-corrected chi connectivity index (χ4v) is 2.11. The Bertz CT molecular complexity index is 582. The van der Waals surface area contributed by atoms with E-state index in [2.05, 4.69) is 17.1 Å². The molecule has 0 bridgehead atoms. The maximum absolute atomic E-state index is 11.5. The fraction of sp³-hybridized carbons (Fsp3) is 0.222. The van der Waals surface area contributed by atoms with E-state index >= 15 is 0 Å². The molecule has 2 rings (SSSR count). The minimum Gasteiger partial charge on any atom is -0.462 e. The van der Waals surface area contributed by atoms with Gasteiger partial charge < -0.3 is 4.74 Å². The van der Waals surface area contributed by atoms with Crippen LogP contribution in [0.5, 0.6) is 0 Å². The number of aliphatic imine (C=N–C) groups is 1. The molecule has 21 heavy (non-hydrogen) atoms. The zero-order valence-electron chi connectivity index (χ0n) is 12.1. The minimum atomic E-state index is -0.408. The predicted octanol–water partition coefficient (Wildman–Crippen LogP) is 3.80. The molecule has 0 saturated heterocycles. The van der Waals surface area contributed by atoms with E-state index in [0.717, 1.165) is 17.6 Å². The Balaban J connectivity index is 2.27. The van der Waals surface area contributed by atoms with E-state index in [1.807, 2.05) is 48.6 Å². The Kier molecular flexibility index (Phi) is 5.71. The van der Waals surface area contributed by atoms with Gasteiger partial charge in [-0.25, -0.2) is 4.79 Å². The topological polar surface area (TPSA) is 38.7 Å². The van der Waals surface area contributed by atoms with Crippen LogP contribution in [-0.2, 0) is 9.53 Å². The molecule has 0 aromatic heterocycles. The van der Waals surface area contributed by atoms with Gasteiger partial charge >= 0.3 is 5.97 Å². The van der Waals surface area contributed by atoms with Crippen LogP contribution < -0.4 is 0 Å². The lowest BCUT2D eigenvalue weighted by Crippen LogP contribution is -2.07. The zero-order chi connectivity index (χ0) is 14.9. The molecule has 0 saturated carbocycles. The van der Waals surface area contributed by atoms with Crippen molar-refractivity contribution in [3.05, 3.63) is 71.8 Å². The Morgan fingerprint density at radius 2 is 2.14 bits per heavy atom. The van der Waals surface area contributed by atoms with Gasteiger partial charge in [0.2, 0.25) is 0 Å². The molecule has 0 spiro atoms. The van der Waals surface area contributed by atoms with E-state index in [0.29, 0.717) is 6.61 Å². The predicted molar refractivity (Wildman–Crippen MR) is 85.3 cm³/mol. The van der Waals surface area contributed by atoms with Crippen molar-refractivity contribution in [3.8, 4) is 0 Å². The summed E-state index contributed by atoms with van der Waals surface area (Å²) in [7, 11) is 0. The van der Waals surface area contributed by atoms with Gasteiger partial charge in [0.1, 0.15) is 6.21 Å².